The lowest BCUT2D eigenvalue weighted by Gasteiger charge is -2.20. The predicted octanol–water partition coefficient (Wildman–Crippen LogP) is 2.15. The van der Waals surface area contributed by atoms with Gasteiger partial charge in [-0.25, -0.2) is 4.39 Å². The Hall–Kier alpha value is -1.66. The standard InChI is InChI=1S/C15H15ClFNO4/c16-10-2-1-7(5-11(10)17)13-12(3-4-22-13)18-14(19)8-6-9(8)15(20)21/h1-2,5,8-9,12-13H,3-4,6H2,(H,18,19)(H,20,21). The van der Waals surface area contributed by atoms with Crippen molar-refractivity contribution in [3.63, 3.8) is 0 Å². The van der Waals surface area contributed by atoms with E-state index in [4.69, 9.17) is 21.4 Å². The Morgan fingerprint density at radius 2 is 2.14 bits per heavy atom. The molecule has 4 atom stereocenters. The van der Waals surface area contributed by atoms with E-state index in [9.17, 15) is 14.0 Å². The van der Waals surface area contributed by atoms with Crippen molar-refractivity contribution in [1.29, 1.82) is 0 Å². The monoisotopic (exact) mass is 327 g/mol. The fourth-order valence-corrected chi connectivity index (χ4v) is 2.92. The van der Waals surface area contributed by atoms with E-state index in [2.05, 4.69) is 5.32 Å². The molecule has 22 heavy (non-hydrogen) atoms. The molecule has 118 valence electrons. The first-order valence-electron chi connectivity index (χ1n) is 7.07. The SMILES string of the molecule is O=C(O)C1CC1C(=O)NC1CCOC1c1ccc(Cl)c(F)c1. The van der Waals surface area contributed by atoms with E-state index in [0.717, 1.165) is 0 Å². The van der Waals surface area contributed by atoms with Crippen LogP contribution < -0.4 is 5.32 Å². The van der Waals surface area contributed by atoms with E-state index in [1.54, 1.807) is 6.07 Å². The predicted molar refractivity (Wildman–Crippen MR) is 75.9 cm³/mol. The number of aliphatic carboxylic acids is 1. The Bertz CT molecular complexity index is 624. The molecule has 1 aromatic rings. The molecule has 5 nitrogen and oxygen atoms in total. The molecule has 4 unspecified atom stereocenters. The number of carboxylic acids is 1. The van der Waals surface area contributed by atoms with Gasteiger partial charge in [0.25, 0.3) is 0 Å². The molecule has 0 spiro atoms. The highest BCUT2D eigenvalue weighted by atomic mass is 35.5. The second-order valence-corrected chi connectivity index (χ2v) is 6.06. The normalized spacial score (nSPS) is 30.1. The molecule has 1 saturated carbocycles. The first kappa shape index (κ1) is 15.2. The number of hydrogen-bond acceptors (Lipinski definition) is 3. The van der Waals surface area contributed by atoms with Crippen LogP contribution in [0.2, 0.25) is 5.02 Å². The summed E-state index contributed by atoms with van der Waals surface area (Å²) in [4.78, 5) is 22.9. The molecule has 1 amide bonds. The topological polar surface area (TPSA) is 75.6 Å². The van der Waals surface area contributed by atoms with Gasteiger partial charge in [-0.3, -0.25) is 9.59 Å². The summed E-state index contributed by atoms with van der Waals surface area (Å²) >= 11 is 5.66. The van der Waals surface area contributed by atoms with Gasteiger partial charge in [-0.15, -0.1) is 0 Å². The van der Waals surface area contributed by atoms with Gasteiger partial charge in [0.05, 0.1) is 22.9 Å². The van der Waals surface area contributed by atoms with Crippen LogP contribution in [0.5, 0.6) is 0 Å². The van der Waals surface area contributed by atoms with E-state index >= 15 is 0 Å². The van der Waals surface area contributed by atoms with Crippen molar-refractivity contribution in [1.82, 2.24) is 5.32 Å². The first-order chi connectivity index (χ1) is 10.5. The van der Waals surface area contributed by atoms with E-state index < -0.39 is 29.7 Å². The number of rotatable bonds is 4. The fraction of sp³-hybridized carbons (Fsp3) is 0.467. The molecule has 0 radical (unpaired) electrons. The van der Waals surface area contributed by atoms with Crippen molar-refractivity contribution in [2.75, 3.05) is 6.61 Å². The van der Waals surface area contributed by atoms with Gasteiger partial charge < -0.3 is 15.2 Å². The zero-order valence-corrected chi connectivity index (χ0v) is 12.3. The number of halogens is 2. The largest absolute Gasteiger partial charge is 0.481 e. The van der Waals surface area contributed by atoms with Crippen LogP contribution in [0, 0.1) is 17.7 Å². The van der Waals surface area contributed by atoms with Crippen LogP contribution in [0.25, 0.3) is 0 Å². The van der Waals surface area contributed by atoms with E-state index in [-0.39, 0.29) is 17.0 Å². The molecular formula is C15H15ClFNO4. The Kier molecular flexibility index (Phi) is 4.06. The zero-order chi connectivity index (χ0) is 15.9. The van der Waals surface area contributed by atoms with E-state index in [1.165, 1.54) is 12.1 Å². The van der Waals surface area contributed by atoms with Gasteiger partial charge in [0.1, 0.15) is 11.9 Å². The highest BCUT2D eigenvalue weighted by Crippen LogP contribution is 2.39. The van der Waals surface area contributed by atoms with Crippen molar-refractivity contribution in [2.24, 2.45) is 11.8 Å². The van der Waals surface area contributed by atoms with Gasteiger partial charge in [-0.1, -0.05) is 17.7 Å². The van der Waals surface area contributed by atoms with Gasteiger partial charge in [0.2, 0.25) is 5.91 Å². The number of carbonyl (C=O) groups is 2. The molecular weight excluding hydrogens is 313 g/mol. The third-order valence-electron chi connectivity index (χ3n) is 4.14. The van der Waals surface area contributed by atoms with Crippen LogP contribution in [0.4, 0.5) is 4.39 Å². The maximum absolute atomic E-state index is 13.6. The molecule has 1 aliphatic carbocycles. The fourth-order valence-electron chi connectivity index (χ4n) is 2.80. The van der Waals surface area contributed by atoms with Crippen LogP contribution >= 0.6 is 11.6 Å². The number of nitrogens with one attached hydrogen (secondary N) is 1. The Labute approximate surface area is 131 Å². The van der Waals surface area contributed by atoms with Crippen LogP contribution in [-0.2, 0) is 14.3 Å². The summed E-state index contributed by atoms with van der Waals surface area (Å²) in [5, 5.41) is 11.7. The second kappa shape index (κ2) is 5.85. The van der Waals surface area contributed by atoms with Gasteiger partial charge >= 0.3 is 5.97 Å². The molecule has 1 aromatic carbocycles. The molecule has 2 aliphatic rings. The highest BCUT2D eigenvalue weighted by Gasteiger charge is 2.49. The lowest BCUT2D eigenvalue weighted by molar-refractivity contribution is -0.140. The number of amides is 1. The third-order valence-corrected chi connectivity index (χ3v) is 4.44. The minimum absolute atomic E-state index is 0.0320. The average Bonchev–Trinajstić information content (AvgIpc) is 3.16. The summed E-state index contributed by atoms with van der Waals surface area (Å²) in [7, 11) is 0. The van der Waals surface area contributed by atoms with E-state index in [0.29, 0.717) is 25.0 Å². The van der Waals surface area contributed by atoms with Gasteiger partial charge in [-0.2, -0.15) is 0 Å². The van der Waals surface area contributed by atoms with Crippen molar-refractivity contribution < 1.29 is 23.8 Å². The van der Waals surface area contributed by atoms with Crippen LogP contribution in [0.1, 0.15) is 24.5 Å². The second-order valence-electron chi connectivity index (χ2n) is 5.66. The van der Waals surface area contributed by atoms with Crippen molar-refractivity contribution in [3.05, 3.63) is 34.6 Å². The molecule has 0 bridgehead atoms. The molecule has 1 heterocycles. The number of hydrogen-bond donors (Lipinski definition) is 2. The third kappa shape index (κ3) is 2.94. The molecule has 0 aromatic heterocycles. The molecule has 1 aliphatic heterocycles. The Balaban J connectivity index is 1.67. The lowest BCUT2D eigenvalue weighted by Crippen LogP contribution is -2.38. The summed E-state index contributed by atoms with van der Waals surface area (Å²) in [5.74, 6) is -2.82. The summed E-state index contributed by atoms with van der Waals surface area (Å²) in [6.07, 6.45) is 0.526. The quantitative estimate of drug-likeness (QED) is 0.888. The summed E-state index contributed by atoms with van der Waals surface area (Å²) in [5.41, 5.74) is 0.607. The summed E-state index contributed by atoms with van der Waals surface area (Å²) in [6, 6.07) is 4.13. The Morgan fingerprint density at radius 3 is 2.77 bits per heavy atom. The lowest BCUT2D eigenvalue weighted by atomic mass is 10.0. The van der Waals surface area contributed by atoms with Gasteiger partial charge in [-0.05, 0) is 30.5 Å². The van der Waals surface area contributed by atoms with Gasteiger partial charge in [0.15, 0.2) is 0 Å². The molecule has 1 saturated heterocycles. The maximum atomic E-state index is 13.6. The Morgan fingerprint density at radius 1 is 1.36 bits per heavy atom. The van der Waals surface area contributed by atoms with Crippen LogP contribution in [0.3, 0.4) is 0 Å². The number of carboxylic acid groups (broad SMARTS) is 1. The molecule has 3 rings (SSSR count). The maximum Gasteiger partial charge on any atom is 0.307 e. The van der Waals surface area contributed by atoms with Crippen molar-refractivity contribution in [3.8, 4) is 0 Å². The van der Waals surface area contributed by atoms with Crippen LogP contribution in [-0.4, -0.2) is 29.6 Å². The zero-order valence-electron chi connectivity index (χ0n) is 11.6. The number of carbonyl (C=O) groups excluding carboxylic acids is 1. The average molecular weight is 328 g/mol. The minimum Gasteiger partial charge on any atom is -0.481 e. The van der Waals surface area contributed by atoms with Gasteiger partial charge in [0, 0.05) is 6.61 Å². The molecule has 2 N–H and O–H groups in total. The summed E-state index contributed by atoms with van der Waals surface area (Å²) in [6.45, 7) is 0.451. The van der Waals surface area contributed by atoms with E-state index in [1.807, 2.05) is 0 Å². The van der Waals surface area contributed by atoms with Crippen molar-refractivity contribution in [2.45, 2.75) is 25.0 Å². The molecule has 7 heteroatoms. The first-order valence-corrected chi connectivity index (χ1v) is 7.45. The van der Waals surface area contributed by atoms with Crippen molar-refractivity contribution >= 4 is 23.5 Å². The number of ether oxygens (including phenoxy) is 1. The minimum atomic E-state index is -0.945. The summed E-state index contributed by atoms with van der Waals surface area (Å²) < 4.78 is 19.1. The molecule has 2 fully saturated rings. The number of benzene rings is 1. The smallest absolute Gasteiger partial charge is 0.307 e. The highest BCUT2D eigenvalue weighted by molar-refractivity contribution is 6.30. The van der Waals surface area contributed by atoms with Crippen LogP contribution in [0.15, 0.2) is 18.2 Å².